The number of nitrogens with zero attached hydrogens (tertiary/aromatic N) is 4. The van der Waals surface area contributed by atoms with Crippen molar-refractivity contribution in [1.29, 1.82) is 0 Å². The van der Waals surface area contributed by atoms with Gasteiger partial charge in [-0.05, 0) is 56.5 Å². The average molecular weight is 376 g/mol. The number of likely N-dealkylation sites (tertiary alicyclic amines) is 1. The molecule has 0 bridgehead atoms. The van der Waals surface area contributed by atoms with E-state index in [1.807, 2.05) is 38.2 Å². The molecule has 0 saturated carbocycles. The molecule has 0 N–H and O–H groups in total. The van der Waals surface area contributed by atoms with Crippen LogP contribution in [0.25, 0.3) is 10.9 Å². The van der Waals surface area contributed by atoms with Gasteiger partial charge in [0, 0.05) is 55.2 Å². The van der Waals surface area contributed by atoms with E-state index in [1.54, 1.807) is 22.7 Å². The highest BCUT2D eigenvalue weighted by molar-refractivity contribution is 5.95. The molecular formula is C22H24N4O2. The van der Waals surface area contributed by atoms with E-state index in [4.69, 9.17) is 0 Å². The summed E-state index contributed by atoms with van der Waals surface area (Å²) >= 11 is 0. The molecule has 6 heteroatoms. The minimum atomic E-state index is -0.216. The molecule has 0 radical (unpaired) electrons. The van der Waals surface area contributed by atoms with Crippen LogP contribution in [-0.2, 0) is 7.05 Å². The van der Waals surface area contributed by atoms with Crippen LogP contribution < -0.4 is 5.56 Å². The van der Waals surface area contributed by atoms with Crippen LogP contribution in [0, 0.1) is 13.8 Å². The Kier molecular flexibility index (Phi) is 4.71. The van der Waals surface area contributed by atoms with Crippen molar-refractivity contribution in [2.45, 2.75) is 32.6 Å². The third-order valence-electron chi connectivity index (χ3n) is 5.79. The number of aryl methyl sites for hydroxylation is 2. The highest BCUT2D eigenvalue weighted by Crippen LogP contribution is 2.28. The number of rotatable bonds is 2. The number of pyridine rings is 3. The normalized spacial score (nSPS) is 15.2. The molecule has 0 spiro atoms. The Morgan fingerprint density at radius 3 is 2.64 bits per heavy atom. The third-order valence-corrected chi connectivity index (χ3v) is 5.79. The van der Waals surface area contributed by atoms with E-state index in [0.29, 0.717) is 24.6 Å². The van der Waals surface area contributed by atoms with Crippen LogP contribution in [0.1, 0.15) is 46.1 Å². The van der Waals surface area contributed by atoms with Gasteiger partial charge in [-0.2, -0.15) is 0 Å². The van der Waals surface area contributed by atoms with Crippen LogP contribution in [0.15, 0.2) is 41.5 Å². The number of carbonyl (C=O) groups is 1. The SMILES string of the molecule is Cc1cc(C)n(C)c(=O)c1C(=O)N1CCC(c2cc3ncccc3cn2)CC1. The van der Waals surface area contributed by atoms with Crippen molar-refractivity contribution in [1.82, 2.24) is 19.4 Å². The molecule has 28 heavy (non-hydrogen) atoms. The summed E-state index contributed by atoms with van der Waals surface area (Å²) in [4.78, 5) is 36.4. The largest absolute Gasteiger partial charge is 0.338 e. The van der Waals surface area contributed by atoms with Crippen LogP contribution in [-0.4, -0.2) is 38.4 Å². The summed E-state index contributed by atoms with van der Waals surface area (Å²) in [6.07, 6.45) is 5.33. The molecule has 0 aromatic carbocycles. The van der Waals surface area contributed by atoms with E-state index < -0.39 is 0 Å². The standard InChI is InChI=1S/C22H24N4O2/c1-14-11-15(2)25(3)21(27)20(14)22(28)26-9-6-16(7-10-26)18-12-19-17(13-24-18)5-4-8-23-19/h4-5,8,11-13,16H,6-7,9-10H2,1-3H3. The van der Waals surface area contributed by atoms with Gasteiger partial charge in [0.05, 0.1) is 5.52 Å². The smallest absolute Gasteiger partial charge is 0.263 e. The van der Waals surface area contributed by atoms with E-state index in [0.717, 1.165) is 40.7 Å². The first-order valence-corrected chi connectivity index (χ1v) is 9.63. The lowest BCUT2D eigenvalue weighted by Crippen LogP contribution is -2.41. The zero-order chi connectivity index (χ0) is 19.8. The van der Waals surface area contributed by atoms with E-state index in [2.05, 4.69) is 16.0 Å². The summed E-state index contributed by atoms with van der Waals surface area (Å²) in [7, 11) is 1.71. The second-order valence-corrected chi connectivity index (χ2v) is 7.58. The van der Waals surface area contributed by atoms with Gasteiger partial charge in [-0.25, -0.2) is 0 Å². The van der Waals surface area contributed by atoms with Crippen LogP contribution in [0.4, 0.5) is 0 Å². The first kappa shape index (κ1) is 18.3. The molecule has 1 saturated heterocycles. The summed E-state index contributed by atoms with van der Waals surface area (Å²) in [5, 5.41) is 1.03. The van der Waals surface area contributed by atoms with E-state index >= 15 is 0 Å². The van der Waals surface area contributed by atoms with Gasteiger partial charge in [-0.3, -0.25) is 19.6 Å². The summed E-state index contributed by atoms with van der Waals surface area (Å²) in [5.41, 5.74) is 3.65. The topological polar surface area (TPSA) is 68.1 Å². The maximum atomic E-state index is 13.0. The molecule has 1 fully saturated rings. The van der Waals surface area contributed by atoms with Gasteiger partial charge in [0.25, 0.3) is 11.5 Å². The van der Waals surface area contributed by atoms with E-state index in [9.17, 15) is 9.59 Å². The highest BCUT2D eigenvalue weighted by atomic mass is 16.2. The lowest BCUT2D eigenvalue weighted by molar-refractivity contribution is 0.0709. The molecule has 3 aromatic rings. The quantitative estimate of drug-likeness (QED) is 0.690. The van der Waals surface area contributed by atoms with Gasteiger partial charge < -0.3 is 9.47 Å². The van der Waals surface area contributed by atoms with Crippen molar-refractivity contribution in [2.24, 2.45) is 7.05 Å². The fraction of sp³-hybridized carbons (Fsp3) is 0.364. The van der Waals surface area contributed by atoms with Crippen molar-refractivity contribution in [3.63, 3.8) is 0 Å². The number of carbonyl (C=O) groups excluding carboxylic acids is 1. The Morgan fingerprint density at radius 2 is 1.89 bits per heavy atom. The molecule has 3 aromatic heterocycles. The average Bonchev–Trinajstić information content (AvgIpc) is 2.72. The third kappa shape index (κ3) is 3.19. The zero-order valence-electron chi connectivity index (χ0n) is 16.5. The molecule has 0 atom stereocenters. The van der Waals surface area contributed by atoms with Crippen molar-refractivity contribution in [3.8, 4) is 0 Å². The first-order chi connectivity index (χ1) is 13.5. The van der Waals surface area contributed by atoms with Crippen molar-refractivity contribution < 1.29 is 4.79 Å². The minimum absolute atomic E-state index is 0.162. The number of aromatic nitrogens is 3. The number of amides is 1. The maximum absolute atomic E-state index is 13.0. The first-order valence-electron chi connectivity index (χ1n) is 9.63. The highest BCUT2D eigenvalue weighted by Gasteiger charge is 2.28. The fourth-order valence-electron chi connectivity index (χ4n) is 3.98. The maximum Gasteiger partial charge on any atom is 0.263 e. The van der Waals surface area contributed by atoms with Crippen LogP contribution in [0.5, 0.6) is 0 Å². The molecule has 0 aliphatic carbocycles. The second kappa shape index (κ2) is 7.19. The van der Waals surface area contributed by atoms with Crippen molar-refractivity contribution in [3.05, 3.63) is 69.5 Å². The predicted octanol–water partition coefficient (Wildman–Crippen LogP) is 2.97. The number of hydrogen-bond acceptors (Lipinski definition) is 4. The van der Waals surface area contributed by atoms with Gasteiger partial charge >= 0.3 is 0 Å². The lowest BCUT2D eigenvalue weighted by Gasteiger charge is -2.32. The second-order valence-electron chi connectivity index (χ2n) is 7.58. The van der Waals surface area contributed by atoms with Crippen molar-refractivity contribution in [2.75, 3.05) is 13.1 Å². The molecule has 0 unspecified atom stereocenters. The molecule has 1 aliphatic rings. The lowest BCUT2D eigenvalue weighted by atomic mass is 9.92. The molecular weight excluding hydrogens is 352 g/mol. The number of fused-ring (bicyclic) bond motifs is 1. The molecule has 6 nitrogen and oxygen atoms in total. The molecule has 4 rings (SSSR count). The van der Waals surface area contributed by atoms with Gasteiger partial charge in [0.15, 0.2) is 0 Å². The number of hydrogen-bond donors (Lipinski definition) is 0. The Balaban J connectivity index is 1.52. The summed E-state index contributed by atoms with van der Waals surface area (Å²) in [6, 6.07) is 7.86. The van der Waals surface area contributed by atoms with Gasteiger partial charge in [-0.15, -0.1) is 0 Å². The summed E-state index contributed by atoms with van der Waals surface area (Å²) in [6.45, 7) is 4.96. The predicted molar refractivity (Wildman–Crippen MR) is 109 cm³/mol. The number of piperidine rings is 1. The molecule has 144 valence electrons. The minimum Gasteiger partial charge on any atom is -0.338 e. The van der Waals surface area contributed by atoms with Gasteiger partial charge in [0.2, 0.25) is 0 Å². The molecule has 4 heterocycles. The fourth-order valence-corrected chi connectivity index (χ4v) is 3.98. The monoisotopic (exact) mass is 376 g/mol. The van der Waals surface area contributed by atoms with Crippen LogP contribution >= 0.6 is 0 Å². The Morgan fingerprint density at radius 1 is 1.14 bits per heavy atom. The Hall–Kier alpha value is -3.02. The Labute approximate surface area is 163 Å². The Bertz CT molecular complexity index is 1110. The van der Waals surface area contributed by atoms with Crippen LogP contribution in [0.3, 0.4) is 0 Å². The van der Waals surface area contributed by atoms with Gasteiger partial charge in [-0.1, -0.05) is 0 Å². The zero-order valence-corrected chi connectivity index (χ0v) is 16.5. The van der Waals surface area contributed by atoms with Crippen LogP contribution in [0.2, 0.25) is 0 Å². The molecule has 1 aliphatic heterocycles. The molecule has 1 amide bonds. The van der Waals surface area contributed by atoms with E-state index in [1.165, 1.54) is 0 Å². The summed E-state index contributed by atoms with van der Waals surface area (Å²) < 4.78 is 1.54. The summed E-state index contributed by atoms with van der Waals surface area (Å²) in [5.74, 6) is 0.141. The van der Waals surface area contributed by atoms with Crippen molar-refractivity contribution >= 4 is 16.8 Å². The van der Waals surface area contributed by atoms with E-state index in [-0.39, 0.29) is 11.5 Å². The van der Waals surface area contributed by atoms with Gasteiger partial charge in [0.1, 0.15) is 5.56 Å².